The molecular formula is C22H31N3O2. The average molecular weight is 370 g/mol. The van der Waals surface area contributed by atoms with Gasteiger partial charge in [0.1, 0.15) is 12.4 Å². The van der Waals surface area contributed by atoms with Gasteiger partial charge in [-0.3, -0.25) is 4.79 Å². The number of para-hydroxylation sites is 2. The fourth-order valence-electron chi connectivity index (χ4n) is 4.26. The van der Waals surface area contributed by atoms with Gasteiger partial charge in [-0.1, -0.05) is 37.6 Å². The lowest BCUT2D eigenvalue weighted by atomic mass is 9.70. The summed E-state index contributed by atoms with van der Waals surface area (Å²) < 4.78 is 4.91. The number of ether oxygens (including phenoxy) is 1. The average Bonchev–Trinajstić information content (AvgIpc) is 3.04. The van der Waals surface area contributed by atoms with Crippen molar-refractivity contribution < 1.29 is 9.53 Å². The van der Waals surface area contributed by atoms with Gasteiger partial charge in [0.25, 0.3) is 0 Å². The van der Waals surface area contributed by atoms with Gasteiger partial charge >= 0.3 is 0 Å². The van der Waals surface area contributed by atoms with Crippen LogP contribution >= 0.6 is 0 Å². The smallest absolute Gasteiger partial charge is 0.246 e. The van der Waals surface area contributed by atoms with E-state index in [1.165, 1.54) is 5.57 Å². The molecule has 0 fully saturated rings. The third-order valence-corrected chi connectivity index (χ3v) is 5.77. The highest BCUT2D eigenvalue weighted by Gasteiger charge is 2.32. The predicted molar refractivity (Wildman–Crippen MR) is 108 cm³/mol. The molecule has 1 aliphatic rings. The highest BCUT2D eigenvalue weighted by Crippen LogP contribution is 2.38. The summed E-state index contributed by atoms with van der Waals surface area (Å²) >= 11 is 0. The molecule has 0 spiro atoms. The van der Waals surface area contributed by atoms with Crippen molar-refractivity contribution in [2.45, 2.75) is 33.6 Å². The van der Waals surface area contributed by atoms with Crippen LogP contribution in [0.5, 0.6) is 0 Å². The van der Waals surface area contributed by atoms with Crippen LogP contribution in [-0.2, 0) is 16.0 Å². The second kappa shape index (κ2) is 8.70. The number of rotatable bonds is 7. The van der Waals surface area contributed by atoms with Crippen LogP contribution in [0, 0.1) is 23.7 Å². The van der Waals surface area contributed by atoms with Gasteiger partial charge in [-0.2, -0.15) is 0 Å². The van der Waals surface area contributed by atoms with Crippen LogP contribution in [0.4, 0.5) is 0 Å². The molecule has 2 aromatic rings. The molecule has 27 heavy (non-hydrogen) atoms. The topological polar surface area (TPSA) is 67.0 Å². The zero-order valence-corrected chi connectivity index (χ0v) is 16.8. The number of nitrogens with one attached hydrogen (secondary N) is 2. The van der Waals surface area contributed by atoms with E-state index >= 15 is 0 Å². The molecule has 0 unspecified atom stereocenters. The Hall–Kier alpha value is -2.14. The van der Waals surface area contributed by atoms with Crippen LogP contribution in [-0.4, -0.2) is 36.1 Å². The molecule has 1 aromatic heterocycles. The summed E-state index contributed by atoms with van der Waals surface area (Å²) in [6.07, 6.45) is 4.43. The van der Waals surface area contributed by atoms with E-state index in [4.69, 9.17) is 9.72 Å². The second-order valence-electron chi connectivity index (χ2n) is 8.06. The first-order valence-electron chi connectivity index (χ1n) is 9.85. The van der Waals surface area contributed by atoms with E-state index in [-0.39, 0.29) is 12.5 Å². The van der Waals surface area contributed by atoms with Crippen LogP contribution in [0.15, 0.2) is 35.9 Å². The SMILES string of the molecule is COCC(=O)NC[C@@H]1C=C(C)[C@H](Cc2nc3ccccc3[nH]2)C[C@H]1C(C)C. The number of H-pyrrole nitrogens is 1. The molecule has 5 heteroatoms. The number of allylic oxidation sites excluding steroid dienone is 1. The Labute approximate surface area is 161 Å². The molecule has 3 rings (SSSR count). The third-order valence-electron chi connectivity index (χ3n) is 5.77. The van der Waals surface area contributed by atoms with Crippen molar-refractivity contribution in [2.75, 3.05) is 20.3 Å². The van der Waals surface area contributed by atoms with E-state index in [0.29, 0.717) is 30.2 Å². The first-order valence-corrected chi connectivity index (χ1v) is 9.85. The maximum absolute atomic E-state index is 11.8. The summed E-state index contributed by atoms with van der Waals surface area (Å²) in [6.45, 7) is 7.58. The molecule has 0 bridgehead atoms. The van der Waals surface area contributed by atoms with Crippen molar-refractivity contribution in [1.82, 2.24) is 15.3 Å². The highest BCUT2D eigenvalue weighted by atomic mass is 16.5. The third kappa shape index (κ3) is 4.78. The molecular weight excluding hydrogens is 338 g/mol. The number of aromatic amines is 1. The molecule has 2 N–H and O–H groups in total. The fourth-order valence-corrected chi connectivity index (χ4v) is 4.26. The summed E-state index contributed by atoms with van der Waals surface area (Å²) in [5.74, 6) is 2.99. The van der Waals surface area contributed by atoms with E-state index in [2.05, 4.69) is 49.3 Å². The van der Waals surface area contributed by atoms with E-state index in [9.17, 15) is 4.79 Å². The minimum atomic E-state index is -0.0459. The predicted octanol–water partition coefficient (Wildman–Crippen LogP) is 3.72. The Bertz CT molecular complexity index is 776. The molecule has 1 aliphatic carbocycles. The number of nitrogens with zero attached hydrogens (tertiary/aromatic N) is 1. The van der Waals surface area contributed by atoms with Gasteiger partial charge in [-0.25, -0.2) is 4.98 Å². The Morgan fingerprint density at radius 1 is 1.37 bits per heavy atom. The van der Waals surface area contributed by atoms with E-state index < -0.39 is 0 Å². The van der Waals surface area contributed by atoms with Gasteiger partial charge < -0.3 is 15.0 Å². The van der Waals surface area contributed by atoms with Crippen LogP contribution in [0.3, 0.4) is 0 Å². The first-order chi connectivity index (χ1) is 13.0. The summed E-state index contributed by atoms with van der Waals surface area (Å²) in [5, 5.41) is 3.01. The first kappa shape index (κ1) is 19.6. The number of carbonyl (C=O) groups excluding carboxylic acids is 1. The van der Waals surface area contributed by atoms with Crippen LogP contribution < -0.4 is 5.32 Å². The quantitative estimate of drug-likeness (QED) is 0.731. The zero-order chi connectivity index (χ0) is 19.4. The molecule has 5 nitrogen and oxygen atoms in total. The molecule has 1 heterocycles. The van der Waals surface area contributed by atoms with Gasteiger partial charge in [0.05, 0.1) is 11.0 Å². The number of benzene rings is 1. The number of amides is 1. The maximum Gasteiger partial charge on any atom is 0.246 e. The molecule has 3 atom stereocenters. The minimum absolute atomic E-state index is 0.0459. The maximum atomic E-state index is 11.8. The van der Waals surface area contributed by atoms with E-state index in [1.54, 1.807) is 7.11 Å². The number of imidazole rings is 1. The molecule has 1 amide bonds. The van der Waals surface area contributed by atoms with Crippen molar-refractivity contribution >= 4 is 16.9 Å². The van der Waals surface area contributed by atoms with Gasteiger partial charge in [-0.15, -0.1) is 0 Å². The normalized spacial score (nSPS) is 22.9. The zero-order valence-electron chi connectivity index (χ0n) is 16.8. The second-order valence-corrected chi connectivity index (χ2v) is 8.06. The lowest BCUT2D eigenvalue weighted by molar-refractivity contribution is -0.124. The monoisotopic (exact) mass is 369 g/mol. The van der Waals surface area contributed by atoms with Crippen molar-refractivity contribution in [3.05, 3.63) is 41.7 Å². The summed E-state index contributed by atoms with van der Waals surface area (Å²) in [6, 6.07) is 8.18. The lowest BCUT2D eigenvalue weighted by Crippen LogP contribution is -2.38. The Kier molecular flexibility index (Phi) is 6.32. The van der Waals surface area contributed by atoms with Gasteiger partial charge in [0, 0.05) is 20.1 Å². The summed E-state index contributed by atoms with van der Waals surface area (Å²) in [7, 11) is 1.55. The highest BCUT2D eigenvalue weighted by molar-refractivity contribution is 5.77. The molecule has 0 saturated carbocycles. The molecule has 146 valence electrons. The van der Waals surface area contributed by atoms with Crippen molar-refractivity contribution in [2.24, 2.45) is 23.7 Å². The van der Waals surface area contributed by atoms with Gasteiger partial charge in [-0.05, 0) is 49.1 Å². The van der Waals surface area contributed by atoms with Crippen molar-refractivity contribution in [3.63, 3.8) is 0 Å². The Balaban J connectivity index is 1.71. The molecule has 0 radical (unpaired) electrons. The lowest BCUT2D eigenvalue weighted by Gasteiger charge is -2.37. The van der Waals surface area contributed by atoms with Crippen LogP contribution in [0.1, 0.15) is 33.0 Å². The summed E-state index contributed by atoms with van der Waals surface area (Å²) in [5.41, 5.74) is 3.53. The van der Waals surface area contributed by atoms with Crippen molar-refractivity contribution in [3.8, 4) is 0 Å². The van der Waals surface area contributed by atoms with Crippen LogP contribution in [0.25, 0.3) is 11.0 Å². The van der Waals surface area contributed by atoms with Crippen LogP contribution in [0.2, 0.25) is 0 Å². The molecule has 0 saturated heterocycles. The van der Waals surface area contributed by atoms with E-state index in [0.717, 1.165) is 29.7 Å². The largest absolute Gasteiger partial charge is 0.375 e. The van der Waals surface area contributed by atoms with E-state index in [1.807, 2.05) is 12.1 Å². The minimum Gasteiger partial charge on any atom is -0.375 e. The number of methoxy groups -OCH3 is 1. The Morgan fingerprint density at radius 2 is 2.15 bits per heavy atom. The number of carbonyl (C=O) groups is 1. The molecule has 0 aliphatic heterocycles. The number of fused-ring (bicyclic) bond motifs is 1. The number of aromatic nitrogens is 2. The van der Waals surface area contributed by atoms with Gasteiger partial charge in [0.15, 0.2) is 0 Å². The van der Waals surface area contributed by atoms with Crippen molar-refractivity contribution in [1.29, 1.82) is 0 Å². The number of hydrogen-bond donors (Lipinski definition) is 2. The molecule has 1 aromatic carbocycles. The Morgan fingerprint density at radius 3 is 2.85 bits per heavy atom. The number of hydrogen-bond acceptors (Lipinski definition) is 3. The summed E-state index contributed by atoms with van der Waals surface area (Å²) in [4.78, 5) is 20.0. The fraction of sp³-hybridized carbons (Fsp3) is 0.545. The standard InChI is InChI=1S/C22H31N3O2/c1-14(2)18-10-16(11-21-24-19-7-5-6-8-20(19)25-21)15(3)9-17(18)12-23-22(26)13-27-4/h5-9,14,16-18H,10-13H2,1-4H3,(H,23,26)(H,24,25)/t16-,17-,18-/m0/s1. The van der Waals surface area contributed by atoms with Gasteiger partial charge in [0.2, 0.25) is 5.91 Å².